The third-order valence-corrected chi connectivity index (χ3v) is 6.76. The van der Waals surface area contributed by atoms with Crippen molar-refractivity contribution in [2.75, 3.05) is 33.9 Å². The maximum atomic E-state index is 12.6. The van der Waals surface area contributed by atoms with E-state index in [0.29, 0.717) is 6.04 Å². The zero-order valence-corrected chi connectivity index (χ0v) is 17.6. The van der Waals surface area contributed by atoms with Gasteiger partial charge in [0.1, 0.15) is 0 Å². The monoisotopic (exact) mass is 436 g/mol. The van der Waals surface area contributed by atoms with Crippen LogP contribution in [0.2, 0.25) is 0 Å². The van der Waals surface area contributed by atoms with Crippen molar-refractivity contribution >= 4 is 23.2 Å². The van der Waals surface area contributed by atoms with Crippen molar-refractivity contribution < 1.29 is 32.6 Å². The van der Waals surface area contributed by atoms with Gasteiger partial charge in [0, 0.05) is 36.7 Å². The van der Waals surface area contributed by atoms with Gasteiger partial charge in [0.05, 0.1) is 11.5 Å². The highest BCUT2D eigenvalue weighted by atomic mass is 32.1. The number of thiophene rings is 1. The van der Waals surface area contributed by atoms with Crippen LogP contribution in [0.4, 0.5) is 13.2 Å². The summed E-state index contributed by atoms with van der Waals surface area (Å²) in [5.41, 5.74) is 0.283. The lowest BCUT2D eigenvalue weighted by Crippen LogP contribution is -2.53. The number of likely N-dealkylation sites (N-methyl/N-ethyl adjacent to an activating group) is 1. The second-order valence-electron chi connectivity index (χ2n) is 7.49. The van der Waals surface area contributed by atoms with Gasteiger partial charge in [-0.1, -0.05) is 0 Å². The third-order valence-electron chi connectivity index (χ3n) is 5.77. The van der Waals surface area contributed by atoms with Gasteiger partial charge in [0.2, 0.25) is 0 Å². The first-order valence-corrected chi connectivity index (χ1v) is 10.2. The summed E-state index contributed by atoms with van der Waals surface area (Å²) in [6.07, 6.45) is -0.473. The molecule has 2 saturated heterocycles. The molecule has 2 aliphatic heterocycles. The molecule has 0 aromatic carbocycles. The quantitative estimate of drug-likeness (QED) is 0.787. The fraction of sp³-hybridized carbons (Fsp3) is 0.684. The summed E-state index contributed by atoms with van der Waals surface area (Å²) >= 11 is 1.60. The molecule has 1 amide bonds. The van der Waals surface area contributed by atoms with Crippen LogP contribution in [0.1, 0.15) is 40.2 Å². The molecular formula is C19H27F3N2O4S. The summed E-state index contributed by atoms with van der Waals surface area (Å²) < 4.78 is 37.1. The zero-order chi connectivity index (χ0) is 21.8. The summed E-state index contributed by atoms with van der Waals surface area (Å²) in [7, 11) is 4.01. The van der Waals surface area contributed by atoms with Gasteiger partial charge in [-0.25, -0.2) is 4.79 Å². The first kappa shape index (κ1) is 23.6. The predicted octanol–water partition coefficient (Wildman–Crippen LogP) is 3.41. The minimum absolute atomic E-state index is 0.210. The Morgan fingerprint density at radius 3 is 2.31 bits per heavy atom. The van der Waals surface area contributed by atoms with E-state index in [1.807, 2.05) is 17.0 Å². The summed E-state index contributed by atoms with van der Waals surface area (Å²) in [6, 6.07) is 4.53. The van der Waals surface area contributed by atoms with E-state index in [4.69, 9.17) is 14.6 Å². The van der Waals surface area contributed by atoms with Gasteiger partial charge in [-0.05, 0) is 51.8 Å². The lowest BCUT2D eigenvalue weighted by molar-refractivity contribution is -0.192. The molecular weight excluding hydrogens is 409 g/mol. The molecule has 1 atom stereocenters. The fourth-order valence-electron chi connectivity index (χ4n) is 4.01. The third kappa shape index (κ3) is 5.70. The van der Waals surface area contributed by atoms with Crippen LogP contribution in [-0.2, 0) is 9.53 Å². The number of likely N-dealkylation sites (tertiary alicyclic amines) is 2. The number of piperidine rings is 1. The molecule has 0 radical (unpaired) electrons. The number of carbonyl (C=O) groups is 2. The number of nitrogens with zero attached hydrogens (tertiary/aromatic N) is 2. The molecule has 1 unspecified atom stereocenters. The number of aryl methyl sites for hydroxylation is 1. The van der Waals surface area contributed by atoms with Crippen molar-refractivity contribution in [1.29, 1.82) is 0 Å². The molecule has 2 aliphatic rings. The van der Waals surface area contributed by atoms with E-state index in [1.165, 1.54) is 17.7 Å². The average Bonchev–Trinajstić information content (AvgIpc) is 3.21. The molecule has 1 spiro atoms. The van der Waals surface area contributed by atoms with E-state index in [1.54, 1.807) is 18.4 Å². The topological polar surface area (TPSA) is 70.1 Å². The summed E-state index contributed by atoms with van der Waals surface area (Å²) in [5, 5.41) is 7.12. The Morgan fingerprint density at radius 1 is 1.28 bits per heavy atom. The molecule has 164 valence electrons. The van der Waals surface area contributed by atoms with E-state index < -0.39 is 12.1 Å². The molecule has 1 aromatic heterocycles. The average molecular weight is 436 g/mol. The molecule has 2 fully saturated rings. The van der Waals surface area contributed by atoms with Gasteiger partial charge < -0.3 is 14.7 Å². The molecule has 0 saturated carbocycles. The van der Waals surface area contributed by atoms with Crippen LogP contribution in [0.5, 0.6) is 0 Å². The minimum Gasteiger partial charge on any atom is -0.475 e. The van der Waals surface area contributed by atoms with Crippen molar-refractivity contribution in [2.24, 2.45) is 0 Å². The van der Waals surface area contributed by atoms with Crippen LogP contribution in [0.25, 0.3) is 0 Å². The second-order valence-corrected chi connectivity index (χ2v) is 8.78. The fourth-order valence-corrected chi connectivity index (χ4v) is 4.85. The predicted molar refractivity (Wildman–Crippen MR) is 103 cm³/mol. The number of carbonyl (C=O) groups excluding carboxylic acids is 1. The summed E-state index contributed by atoms with van der Waals surface area (Å²) in [6.45, 7) is 4.62. The number of halogens is 3. The van der Waals surface area contributed by atoms with E-state index in [9.17, 15) is 18.0 Å². The normalized spacial score (nSPS) is 21.7. The largest absolute Gasteiger partial charge is 0.490 e. The van der Waals surface area contributed by atoms with E-state index >= 15 is 0 Å². The minimum atomic E-state index is -5.08. The number of rotatable bonds is 3. The van der Waals surface area contributed by atoms with E-state index in [2.05, 4.69) is 18.9 Å². The van der Waals surface area contributed by atoms with Crippen LogP contribution in [-0.4, -0.2) is 78.4 Å². The Labute approximate surface area is 172 Å². The van der Waals surface area contributed by atoms with Gasteiger partial charge in [-0.15, -0.1) is 11.3 Å². The first-order valence-electron chi connectivity index (χ1n) is 9.38. The summed E-state index contributed by atoms with van der Waals surface area (Å²) in [5.74, 6) is -2.55. The maximum absolute atomic E-state index is 12.6. The van der Waals surface area contributed by atoms with Crippen molar-refractivity contribution in [1.82, 2.24) is 9.80 Å². The number of amides is 1. The van der Waals surface area contributed by atoms with Crippen LogP contribution >= 0.6 is 11.3 Å². The highest BCUT2D eigenvalue weighted by Gasteiger charge is 2.46. The molecule has 3 heterocycles. The molecule has 1 aromatic rings. The first-order chi connectivity index (χ1) is 13.5. The Bertz CT molecular complexity index is 715. The standard InChI is InChI=1S/C17H26N2O2S.C2HF3O2/c1-13-4-5-15(22-13)16(20)19-10-8-17(9-11-19)7-6-14(12-21-3)18(17)2;3-2(4,5)1(6)7/h4-5,14H,6-12H2,1-3H3;(H,6,7). The Kier molecular flexibility index (Phi) is 7.69. The Hall–Kier alpha value is -1.65. The second kappa shape index (κ2) is 9.44. The highest BCUT2D eigenvalue weighted by molar-refractivity contribution is 7.13. The molecule has 0 aliphatic carbocycles. The number of methoxy groups -OCH3 is 1. The number of ether oxygens (including phenoxy) is 1. The zero-order valence-electron chi connectivity index (χ0n) is 16.8. The van der Waals surface area contributed by atoms with Crippen molar-refractivity contribution in [3.8, 4) is 0 Å². The molecule has 29 heavy (non-hydrogen) atoms. The van der Waals surface area contributed by atoms with Gasteiger partial charge in [-0.3, -0.25) is 9.69 Å². The Balaban J connectivity index is 0.000000370. The number of carboxylic acid groups (broad SMARTS) is 1. The van der Waals surface area contributed by atoms with Crippen LogP contribution in [0.15, 0.2) is 12.1 Å². The number of hydrogen-bond donors (Lipinski definition) is 1. The van der Waals surface area contributed by atoms with E-state index in [0.717, 1.165) is 37.4 Å². The molecule has 6 nitrogen and oxygen atoms in total. The Morgan fingerprint density at radius 2 is 1.86 bits per heavy atom. The maximum Gasteiger partial charge on any atom is 0.490 e. The van der Waals surface area contributed by atoms with Crippen molar-refractivity contribution in [2.45, 2.75) is 50.4 Å². The van der Waals surface area contributed by atoms with Crippen LogP contribution in [0.3, 0.4) is 0 Å². The van der Waals surface area contributed by atoms with Gasteiger partial charge in [-0.2, -0.15) is 13.2 Å². The number of hydrogen-bond acceptors (Lipinski definition) is 5. The molecule has 1 N–H and O–H groups in total. The number of carboxylic acids is 1. The molecule has 10 heteroatoms. The van der Waals surface area contributed by atoms with E-state index in [-0.39, 0.29) is 11.4 Å². The highest BCUT2D eigenvalue weighted by Crippen LogP contribution is 2.40. The molecule has 0 bridgehead atoms. The number of aliphatic carboxylic acids is 1. The van der Waals surface area contributed by atoms with Gasteiger partial charge in [0.15, 0.2) is 0 Å². The SMILES string of the molecule is COCC1CCC2(CCN(C(=O)c3ccc(C)s3)CC2)N1C.O=C(O)C(F)(F)F. The summed E-state index contributed by atoms with van der Waals surface area (Å²) in [4.78, 5) is 28.1. The number of alkyl halides is 3. The van der Waals surface area contributed by atoms with Crippen LogP contribution < -0.4 is 0 Å². The lowest BCUT2D eigenvalue weighted by Gasteiger charge is -2.45. The lowest BCUT2D eigenvalue weighted by atomic mass is 9.85. The smallest absolute Gasteiger partial charge is 0.475 e. The van der Waals surface area contributed by atoms with Gasteiger partial charge in [0.25, 0.3) is 5.91 Å². The van der Waals surface area contributed by atoms with Crippen molar-refractivity contribution in [3.63, 3.8) is 0 Å². The molecule has 3 rings (SSSR count). The van der Waals surface area contributed by atoms with Crippen LogP contribution in [0, 0.1) is 6.92 Å². The van der Waals surface area contributed by atoms with Crippen molar-refractivity contribution in [3.05, 3.63) is 21.9 Å². The van der Waals surface area contributed by atoms with Gasteiger partial charge >= 0.3 is 12.1 Å².